The largest absolute Gasteiger partial charge is 0.462 e. The van der Waals surface area contributed by atoms with E-state index in [1.54, 1.807) is 0 Å². The van der Waals surface area contributed by atoms with Gasteiger partial charge in [0.2, 0.25) is 0 Å². The summed E-state index contributed by atoms with van der Waals surface area (Å²) in [5.41, 5.74) is 0. The van der Waals surface area contributed by atoms with Gasteiger partial charge in [0.15, 0.2) is 6.10 Å². The summed E-state index contributed by atoms with van der Waals surface area (Å²) < 4.78 is 16.8. The van der Waals surface area contributed by atoms with Gasteiger partial charge in [-0.15, -0.1) is 0 Å². The Morgan fingerprint density at radius 2 is 0.558 bits per heavy atom. The molecule has 0 saturated carbocycles. The third-order valence-corrected chi connectivity index (χ3v) is 14.7. The summed E-state index contributed by atoms with van der Waals surface area (Å²) in [6, 6.07) is 0. The molecule has 0 aliphatic carbocycles. The lowest BCUT2D eigenvalue weighted by Crippen LogP contribution is -2.30. The molecule has 0 aliphatic rings. The van der Waals surface area contributed by atoms with Gasteiger partial charge in [-0.2, -0.15) is 0 Å². The third kappa shape index (κ3) is 63.6. The highest BCUT2D eigenvalue weighted by atomic mass is 16.6. The molecule has 0 heterocycles. The molecule has 446 valence electrons. The maximum atomic E-state index is 12.9. The average Bonchev–Trinajstić information content (AvgIpc) is 3.43. The molecule has 0 aromatic rings. The number of carbonyl (C=O) groups is 3. The molecule has 0 aliphatic heterocycles. The van der Waals surface area contributed by atoms with E-state index < -0.39 is 12.1 Å². The quantitative estimate of drug-likeness (QED) is 0.0261. The van der Waals surface area contributed by atoms with Gasteiger partial charge in [0.25, 0.3) is 0 Å². The first kappa shape index (κ1) is 73.8. The molecule has 77 heavy (non-hydrogen) atoms. The molecule has 0 amide bonds. The third-order valence-electron chi connectivity index (χ3n) is 14.7. The Balaban J connectivity index is 4.37. The Bertz CT molecular complexity index is 1420. The van der Waals surface area contributed by atoms with Gasteiger partial charge in [0.1, 0.15) is 13.2 Å². The van der Waals surface area contributed by atoms with Crippen LogP contribution in [0.5, 0.6) is 0 Å². The minimum absolute atomic E-state index is 0.103. The van der Waals surface area contributed by atoms with Crippen LogP contribution in [0.2, 0.25) is 0 Å². The summed E-state index contributed by atoms with van der Waals surface area (Å²) in [5.74, 6) is -1.02. The second-order valence-corrected chi connectivity index (χ2v) is 22.4. The van der Waals surface area contributed by atoms with Crippen LogP contribution in [0, 0.1) is 0 Å². The van der Waals surface area contributed by atoms with E-state index in [1.165, 1.54) is 231 Å². The van der Waals surface area contributed by atoms with E-state index in [9.17, 15) is 14.4 Å². The van der Waals surface area contributed by atoms with Crippen molar-refractivity contribution >= 4 is 17.9 Å². The van der Waals surface area contributed by atoms with E-state index in [1.807, 2.05) is 12.2 Å². The molecule has 6 nitrogen and oxygen atoms in total. The molecule has 0 saturated heterocycles. The molecule has 0 rings (SSSR count). The number of unbranched alkanes of at least 4 members (excludes halogenated alkanes) is 39. The van der Waals surface area contributed by atoms with Crippen molar-refractivity contribution in [2.24, 2.45) is 0 Å². The van der Waals surface area contributed by atoms with Crippen molar-refractivity contribution in [2.45, 2.75) is 348 Å². The van der Waals surface area contributed by atoms with E-state index in [-0.39, 0.29) is 31.6 Å². The highest BCUT2D eigenvalue weighted by Crippen LogP contribution is 2.18. The number of hydrogen-bond donors (Lipinski definition) is 0. The van der Waals surface area contributed by atoms with Crippen LogP contribution < -0.4 is 0 Å². The first-order valence-electron chi connectivity index (χ1n) is 33.4. The Labute approximate surface area is 478 Å². The molecule has 0 radical (unpaired) electrons. The highest BCUT2D eigenvalue weighted by Gasteiger charge is 2.19. The molecule has 6 heteroatoms. The smallest absolute Gasteiger partial charge is 0.309 e. The zero-order valence-electron chi connectivity index (χ0n) is 51.2. The minimum atomic E-state index is -0.816. The summed E-state index contributed by atoms with van der Waals surface area (Å²) in [4.78, 5) is 38.3. The average molecular weight is 1080 g/mol. The second-order valence-electron chi connectivity index (χ2n) is 22.4. The van der Waals surface area contributed by atoms with Crippen molar-refractivity contribution in [3.05, 3.63) is 72.9 Å². The molecule has 0 bridgehead atoms. The fourth-order valence-corrected chi connectivity index (χ4v) is 9.75. The van der Waals surface area contributed by atoms with Gasteiger partial charge in [0.05, 0.1) is 6.42 Å². The SMILES string of the molecule is CC/C=C\C/C=C\C/C=C\C/C=C\C/C=C\CC(=O)OCC(COC(=O)CCCCCCCCCCCCCCCCCCCCCCCCC)OC(=O)CCCCCCCCCCC/C=C\CCCCCCCCCC. The molecule has 0 aromatic heterocycles. The molecule has 1 unspecified atom stereocenters. The van der Waals surface area contributed by atoms with Crippen molar-refractivity contribution < 1.29 is 28.6 Å². The number of ether oxygens (including phenoxy) is 3. The molecular formula is C71H126O6. The van der Waals surface area contributed by atoms with Gasteiger partial charge >= 0.3 is 17.9 Å². The summed E-state index contributed by atoms with van der Waals surface area (Å²) >= 11 is 0. The van der Waals surface area contributed by atoms with Crippen LogP contribution in [0.15, 0.2) is 72.9 Å². The van der Waals surface area contributed by atoms with Gasteiger partial charge in [-0.05, 0) is 70.6 Å². The molecule has 0 fully saturated rings. The Morgan fingerprint density at radius 1 is 0.286 bits per heavy atom. The van der Waals surface area contributed by atoms with E-state index in [2.05, 4.69) is 81.5 Å². The Hall–Kier alpha value is -3.15. The first-order chi connectivity index (χ1) is 38.0. The van der Waals surface area contributed by atoms with Crippen LogP contribution in [-0.4, -0.2) is 37.2 Å². The summed E-state index contributed by atoms with van der Waals surface area (Å²) in [7, 11) is 0. The van der Waals surface area contributed by atoms with Crippen LogP contribution in [0.3, 0.4) is 0 Å². The zero-order valence-corrected chi connectivity index (χ0v) is 51.2. The number of rotatable bonds is 61. The van der Waals surface area contributed by atoms with Crippen molar-refractivity contribution in [2.75, 3.05) is 13.2 Å². The monoisotopic (exact) mass is 1070 g/mol. The minimum Gasteiger partial charge on any atom is -0.462 e. The maximum absolute atomic E-state index is 12.9. The number of allylic oxidation sites excluding steroid dienone is 11. The van der Waals surface area contributed by atoms with E-state index in [0.717, 1.165) is 70.6 Å². The van der Waals surface area contributed by atoms with Crippen LogP contribution in [0.4, 0.5) is 0 Å². The summed E-state index contributed by atoms with van der Waals surface area (Å²) in [6.45, 7) is 6.49. The summed E-state index contributed by atoms with van der Waals surface area (Å²) in [5, 5.41) is 0. The maximum Gasteiger partial charge on any atom is 0.309 e. The zero-order chi connectivity index (χ0) is 55.7. The van der Waals surface area contributed by atoms with Crippen LogP contribution in [-0.2, 0) is 28.6 Å². The van der Waals surface area contributed by atoms with Crippen molar-refractivity contribution in [1.29, 1.82) is 0 Å². The van der Waals surface area contributed by atoms with Gasteiger partial charge < -0.3 is 14.2 Å². The van der Waals surface area contributed by atoms with Crippen LogP contribution >= 0.6 is 0 Å². The van der Waals surface area contributed by atoms with Crippen molar-refractivity contribution in [3.8, 4) is 0 Å². The van der Waals surface area contributed by atoms with Crippen molar-refractivity contribution in [3.63, 3.8) is 0 Å². The van der Waals surface area contributed by atoms with Crippen LogP contribution in [0.1, 0.15) is 342 Å². The van der Waals surface area contributed by atoms with Gasteiger partial charge in [-0.3, -0.25) is 14.4 Å². The molecule has 0 N–H and O–H groups in total. The fourth-order valence-electron chi connectivity index (χ4n) is 9.75. The van der Waals surface area contributed by atoms with Crippen molar-refractivity contribution in [1.82, 2.24) is 0 Å². The first-order valence-corrected chi connectivity index (χ1v) is 33.4. The van der Waals surface area contributed by atoms with E-state index >= 15 is 0 Å². The summed E-state index contributed by atoms with van der Waals surface area (Å²) in [6.07, 6.45) is 85.2. The Morgan fingerprint density at radius 3 is 0.896 bits per heavy atom. The van der Waals surface area contributed by atoms with E-state index in [0.29, 0.717) is 12.8 Å². The topological polar surface area (TPSA) is 78.9 Å². The van der Waals surface area contributed by atoms with E-state index in [4.69, 9.17) is 14.2 Å². The predicted molar refractivity (Wildman–Crippen MR) is 335 cm³/mol. The van der Waals surface area contributed by atoms with Crippen LogP contribution in [0.25, 0.3) is 0 Å². The van der Waals surface area contributed by atoms with Gasteiger partial charge in [-0.25, -0.2) is 0 Å². The lowest BCUT2D eigenvalue weighted by Gasteiger charge is -2.18. The number of carbonyl (C=O) groups excluding carboxylic acids is 3. The standard InChI is InChI=1S/C71H126O6/c1-4-7-10-13-16-19-22-25-28-30-32-34-35-37-38-40-43-46-49-52-55-58-61-64-70(73)76-67-68(66-75-69(72)63-60-57-54-51-48-45-42-27-24-21-18-15-12-9-6-3)77-71(74)65-62-59-56-53-50-47-44-41-39-36-33-31-29-26-23-20-17-14-11-8-5-2/h9,12,18,21,27,31,33,42,48,51,57,60,68H,4-8,10-11,13-17,19-20,22-26,28-30,32,34-41,43-47,49-50,52-56,58-59,61-67H2,1-3H3/b12-9-,21-18-,33-31-,42-27-,51-48-,60-57-. The highest BCUT2D eigenvalue weighted by molar-refractivity contribution is 5.72. The van der Waals surface area contributed by atoms with Gasteiger partial charge in [-0.1, -0.05) is 325 Å². The molecule has 0 spiro atoms. The van der Waals surface area contributed by atoms with Gasteiger partial charge in [0, 0.05) is 12.8 Å². The lowest BCUT2D eigenvalue weighted by molar-refractivity contribution is -0.166. The number of hydrogen-bond acceptors (Lipinski definition) is 6. The molecule has 1 atom stereocenters. The molecule has 0 aromatic carbocycles. The second kappa shape index (κ2) is 65.4. The number of esters is 3. The lowest BCUT2D eigenvalue weighted by atomic mass is 10.0. The molecular weight excluding hydrogens is 949 g/mol. The fraction of sp³-hybridized carbons (Fsp3) is 0.789. The normalized spacial score (nSPS) is 12.5. The Kier molecular flexibility index (Phi) is 62.7. The predicted octanol–water partition coefficient (Wildman–Crippen LogP) is 22.9.